The van der Waals surface area contributed by atoms with Gasteiger partial charge in [-0.1, -0.05) is 34.1 Å². The van der Waals surface area contributed by atoms with Gasteiger partial charge in [-0.05, 0) is 31.2 Å². The molecule has 28 heavy (non-hydrogen) atoms. The summed E-state index contributed by atoms with van der Waals surface area (Å²) in [6.45, 7) is 2.10. The molecule has 0 bridgehead atoms. The number of rotatable bonds is 4. The molecule has 0 saturated carbocycles. The van der Waals surface area contributed by atoms with Crippen molar-refractivity contribution in [1.82, 2.24) is 10.3 Å². The van der Waals surface area contributed by atoms with Gasteiger partial charge in [-0.15, -0.1) is 0 Å². The minimum absolute atomic E-state index is 0.164. The molecule has 144 valence electrons. The van der Waals surface area contributed by atoms with Gasteiger partial charge in [-0.3, -0.25) is 4.79 Å². The van der Waals surface area contributed by atoms with Crippen molar-refractivity contribution in [3.05, 3.63) is 64.3 Å². The zero-order chi connectivity index (χ0) is 19.7. The average Bonchev–Trinajstić information content (AvgIpc) is 3.11. The molecule has 2 aromatic carbocycles. The van der Waals surface area contributed by atoms with Gasteiger partial charge in [0.15, 0.2) is 6.10 Å². The quantitative estimate of drug-likeness (QED) is 0.595. The van der Waals surface area contributed by atoms with Gasteiger partial charge in [0, 0.05) is 33.6 Å². The highest BCUT2D eigenvalue weighted by atomic mass is 79.9. The molecule has 2 atom stereocenters. The molecule has 7 heteroatoms. The Hall–Kier alpha value is -2.80. The van der Waals surface area contributed by atoms with Crippen molar-refractivity contribution in [3.63, 3.8) is 0 Å². The summed E-state index contributed by atoms with van der Waals surface area (Å²) in [7, 11) is 0. The van der Waals surface area contributed by atoms with Crippen molar-refractivity contribution in [2.24, 2.45) is 0 Å². The monoisotopic (exact) mass is 442 g/mol. The highest BCUT2D eigenvalue weighted by Gasteiger charge is 2.27. The van der Waals surface area contributed by atoms with Crippen molar-refractivity contribution in [2.75, 3.05) is 6.61 Å². The van der Waals surface area contributed by atoms with E-state index in [9.17, 15) is 9.59 Å². The van der Waals surface area contributed by atoms with Crippen LogP contribution in [0.4, 0.5) is 0 Å². The van der Waals surface area contributed by atoms with Crippen molar-refractivity contribution in [2.45, 2.75) is 25.5 Å². The van der Waals surface area contributed by atoms with Crippen LogP contribution >= 0.6 is 15.9 Å². The standard InChI is InChI=1S/C21H19BrN2O4/c1-12(20(25)24-18-8-9-27-19-5-3-2-4-14(18)19)28-21(26)16-11-23-17-7-6-13(22)10-15(16)17/h2-7,10-12,18,23H,8-9H2,1H3,(H,24,25). The van der Waals surface area contributed by atoms with Crippen LogP contribution in [-0.2, 0) is 9.53 Å². The lowest BCUT2D eigenvalue weighted by Crippen LogP contribution is -2.39. The molecule has 0 fully saturated rings. The number of fused-ring (bicyclic) bond motifs is 2. The van der Waals surface area contributed by atoms with Crippen LogP contribution < -0.4 is 10.1 Å². The maximum absolute atomic E-state index is 12.6. The van der Waals surface area contributed by atoms with E-state index in [1.165, 1.54) is 0 Å². The molecule has 1 amide bonds. The van der Waals surface area contributed by atoms with Gasteiger partial charge < -0.3 is 19.8 Å². The first-order valence-electron chi connectivity index (χ1n) is 9.02. The third kappa shape index (κ3) is 3.62. The van der Waals surface area contributed by atoms with Crippen LogP contribution in [0.15, 0.2) is 53.1 Å². The number of hydrogen-bond donors (Lipinski definition) is 2. The smallest absolute Gasteiger partial charge is 0.341 e. The number of amides is 1. The fourth-order valence-corrected chi connectivity index (χ4v) is 3.68. The number of H-pyrrole nitrogens is 1. The zero-order valence-corrected chi connectivity index (χ0v) is 16.8. The third-order valence-electron chi connectivity index (χ3n) is 4.79. The van der Waals surface area contributed by atoms with Gasteiger partial charge in [0.05, 0.1) is 18.2 Å². The number of esters is 1. The van der Waals surface area contributed by atoms with E-state index in [1.807, 2.05) is 42.5 Å². The van der Waals surface area contributed by atoms with E-state index in [1.54, 1.807) is 13.1 Å². The number of aromatic amines is 1. The van der Waals surface area contributed by atoms with Gasteiger partial charge in [-0.2, -0.15) is 0 Å². The van der Waals surface area contributed by atoms with Crippen molar-refractivity contribution >= 4 is 38.7 Å². The molecule has 1 aliphatic heterocycles. The number of ether oxygens (including phenoxy) is 2. The molecule has 0 radical (unpaired) electrons. The van der Waals surface area contributed by atoms with E-state index >= 15 is 0 Å². The fraction of sp³-hybridized carbons (Fsp3) is 0.238. The summed E-state index contributed by atoms with van der Waals surface area (Å²) in [5.74, 6) is -0.108. The van der Waals surface area contributed by atoms with Crippen LogP contribution in [0, 0.1) is 0 Å². The Morgan fingerprint density at radius 3 is 2.96 bits per heavy atom. The van der Waals surface area contributed by atoms with E-state index < -0.39 is 12.1 Å². The topological polar surface area (TPSA) is 80.4 Å². The first-order valence-corrected chi connectivity index (χ1v) is 9.82. The summed E-state index contributed by atoms with van der Waals surface area (Å²) >= 11 is 3.40. The van der Waals surface area contributed by atoms with E-state index in [0.717, 1.165) is 26.7 Å². The molecule has 0 spiro atoms. The Morgan fingerprint density at radius 2 is 2.11 bits per heavy atom. The molecule has 3 aromatic rings. The Kier molecular flexibility index (Phi) is 5.09. The predicted octanol–water partition coefficient (Wildman–Crippen LogP) is 4.12. The Balaban J connectivity index is 1.45. The Labute approximate surface area is 170 Å². The predicted molar refractivity (Wildman–Crippen MR) is 108 cm³/mol. The van der Waals surface area contributed by atoms with Gasteiger partial charge in [-0.25, -0.2) is 4.79 Å². The van der Waals surface area contributed by atoms with Crippen LogP contribution in [-0.4, -0.2) is 29.6 Å². The number of aromatic nitrogens is 1. The number of nitrogens with one attached hydrogen (secondary N) is 2. The molecule has 2 heterocycles. The minimum Gasteiger partial charge on any atom is -0.493 e. The Bertz CT molecular complexity index is 1050. The maximum Gasteiger partial charge on any atom is 0.341 e. The molecule has 1 aromatic heterocycles. The van der Waals surface area contributed by atoms with E-state index in [2.05, 4.69) is 26.2 Å². The maximum atomic E-state index is 12.6. The van der Waals surface area contributed by atoms with Gasteiger partial charge >= 0.3 is 5.97 Å². The van der Waals surface area contributed by atoms with Crippen LogP contribution in [0.5, 0.6) is 5.75 Å². The molecule has 2 N–H and O–H groups in total. The van der Waals surface area contributed by atoms with Gasteiger partial charge in [0.25, 0.3) is 5.91 Å². The molecular formula is C21H19BrN2O4. The van der Waals surface area contributed by atoms with E-state index in [4.69, 9.17) is 9.47 Å². The zero-order valence-electron chi connectivity index (χ0n) is 15.2. The number of halogens is 1. The van der Waals surface area contributed by atoms with Crippen LogP contribution in [0.2, 0.25) is 0 Å². The fourth-order valence-electron chi connectivity index (χ4n) is 3.32. The molecule has 4 rings (SSSR count). The van der Waals surface area contributed by atoms with Crippen LogP contribution in [0.25, 0.3) is 10.9 Å². The molecular weight excluding hydrogens is 424 g/mol. The lowest BCUT2D eigenvalue weighted by atomic mass is 10.0. The summed E-state index contributed by atoms with van der Waals surface area (Å²) in [6.07, 6.45) is 1.35. The highest BCUT2D eigenvalue weighted by molar-refractivity contribution is 9.10. The largest absolute Gasteiger partial charge is 0.493 e. The molecule has 2 unspecified atom stereocenters. The molecule has 0 aliphatic carbocycles. The van der Waals surface area contributed by atoms with Crippen LogP contribution in [0.1, 0.15) is 35.3 Å². The Morgan fingerprint density at radius 1 is 1.29 bits per heavy atom. The van der Waals surface area contributed by atoms with Crippen molar-refractivity contribution in [3.8, 4) is 5.75 Å². The first kappa shape index (κ1) is 18.6. The number of benzene rings is 2. The summed E-state index contributed by atoms with van der Waals surface area (Å²) < 4.78 is 11.9. The highest BCUT2D eigenvalue weighted by Crippen LogP contribution is 2.31. The van der Waals surface area contributed by atoms with Crippen LogP contribution in [0.3, 0.4) is 0 Å². The number of carbonyl (C=O) groups excluding carboxylic acids is 2. The molecule has 6 nitrogen and oxygen atoms in total. The summed E-state index contributed by atoms with van der Waals surface area (Å²) in [5, 5.41) is 3.70. The molecule has 0 saturated heterocycles. The summed E-state index contributed by atoms with van der Waals surface area (Å²) in [6, 6.07) is 13.0. The van der Waals surface area contributed by atoms with E-state index in [-0.39, 0.29) is 11.9 Å². The SMILES string of the molecule is CC(OC(=O)c1c[nH]c2ccc(Br)cc12)C(=O)NC1CCOc2ccccc21. The average molecular weight is 443 g/mol. The minimum atomic E-state index is -0.917. The second kappa shape index (κ2) is 7.67. The third-order valence-corrected chi connectivity index (χ3v) is 5.29. The van der Waals surface area contributed by atoms with Gasteiger partial charge in [0.1, 0.15) is 5.75 Å². The number of carbonyl (C=O) groups is 2. The van der Waals surface area contributed by atoms with E-state index in [0.29, 0.717) is 18.6 Å². The number of hydrogen-bond acceptors (Lipinski definition) is 4. The number of para-hydroxylation sites is 1. The first-order chi connectivity index (χ1) is 13.5. The lowest BCUT2D eigenvalue weighted by Gasteiger charge is -2.27. The summed E-state index contributed by atoms with van der Waals surface area (Å²) in [5.41, 5.74) is 2.15. The summed E-state index contributed by atoms with van der Waals surface area (Å²) in [4.78, 5) is 28.2. The second-order valence-electron chi connectivity index (χ2n) is 6.68. The second-order valence-corrected chi connectivity index (χ2v) is 7.59. The van der Waals surface area contributed by atoms with Gasteiger partial charge in [0.2, 0.25) is 0 Å². The molecule has 1 aliphatic rings. The van der Waals surface area contributed by atoms with Crippen molar-refractivity contribution < 1.29 is 19.1 Å². The lowest BCUT2D eigenvalue weighted by molar-refractivity contribution is -0.130. The normalized spacial score (nSPS) is 16.7. The van der Waals surface area contributed by atoms with Crippen molar-refractivity contribution in [1.29, 1.82) is 0 Å².